The maximum Gasteiger partial charge on any atom is -0.147 e. The van der Waals surface area contributed by atoms with Crippen molar-refractivity contribution in [3.63, 3.8) is 0 Å². The monoisotopic (exact) mass is 473 g/mol. The Kier molecular flexibility index (Phi) is 8.82. The number of halogens is 2. The van der Waals surface area contributed by atoms with E-state index in [-0.39, 0.29) is 44.2 Å². The zero-order chi connectivity index (χ0) is 19.7. The summed E-state index contributed by atoms with van der Waals surface area (Å²) in [6, 6.07) is 18.0. The van der Waals surface area contributed by atoms with Crippen molar-refractivity contribution < 1.29 is 19.4 Å². The summed E-state index contributed by atoms with van der Waals surface area (Å²) in [6.45, 7) is 8.85. The van der Waals surface area contributed by atoms with Gasteiger partial charge in [-0.1, -0.05) is 0 Å². The van der Waals surface area contributed by atoms with E-state index in [9.17, 15) is 0 Å². The first-order valence-electron chi connectivity index (χ1n) is 9.98. The van der Waals surface area contributed by atoms with Gasteiger partial charge in [0.25, 0.3) is 0 Å². The summed E-state index contributed by atoms with van der Waals surface area (Å²) in [4.78, 5) is 0. The van der Waals surface area contributed by atoms with Crippen LogP contribution in [0, 0.1) is 20.8 Å². The van der Waals surface area contributed by atoms with Crippen LogP contribution in [0.15, 0.2) is 66.3 Å². The van der Waals surface area contributed by atoms with Gasteiger partial charge in [0.2, 0.25) is 0 Å². The van der Waals surface area contributed by atoms with E-state index in [4.69, 9.17) is 0 Å². The van der Waals surface area contributed by atoms with E-state index in [1.54, 1.807) is 0 Å². The molecule has 1 aliphatic carbocycles. The van der Waals surface area contributed by atoms with E-state index in [2.05, 4.69) is 92.2 Å². The molecule has 0 radical (unpaired) electrons. The normalized spacial score (nSPS) is 12.5. The molecule has 0 unspecified atom stereocenters. The number of anilines is 1. The number of hydrogen-bond acceptors (Lipinski definition) is 1. The topological polar surface area (TPSA) is 12.0 Å². The van der Waals surface area contributed by atoms with Crippen LogP contribution >= 0.6 is 24.8 Å². The molecule has 0 saturated heterocycles. The second-order valence-electron chi connectivity index (χ2n) is 7.83. The summed E-state index contributed by atoms with van der Waals surface area (Å²) >= 11 is -0.344. The summed E-state index contributed by atoms with van der Waals surface area (Å²) in [6.07, 6.45) is 5.61. The van der Waals surface area contributed by atoms with Gasteiger partial charge in [-0.15, -0.1) is 24.8 Å². The predicted octanol–water partition coefficient (Wildman–Crippen LogP) is 7.95. The first-order valence-corrected chi connectivity index (χ1v) is 11.9. The second-order valence-corrected chi connectivity index (χ2v) is 9.33. The third-order valence-corrected chi connectivity index (χ3v) is 7.18. The average Bonchev–Trinajstić information content (AvgIpc) is 3.09. The van der Waals surface area contributed by atoms with Crippen molar-refractivity contribution in [3.8, 4) is 0 Å². The molecule has 1 N–H and O–H groups in total. The fraction of sp³-hybridized carbons (Fsp3) is 0.231. The molecule has 0 spiro atoms. The maximum absolute atomic E-state index is 3.84. The zero-order valence-corrected chi connectivity index (χ0v) is 21.2. The molecule has 4 rings (SSSR count). The van der Waals surface area contributed by atoms with Gasteiger partial charge in [0, 0.05) is 0 Å². The molecule has 1 nitrogen and oxygen atoms in total. The van der Waals surface area contributed by atoms with Crippen LogP contribution in [-0.2, 0) is 24.1 Å². The number of allylic oxidation sites excluding steroid dienone is 4. The Morgan fingerprint density at radius 1 is 0.900 bits per heavy atom. The van der Waals surface area contributed by atoms with E-state index >= 15 is 0 Å². The van der Waals surface area contributed by atoms with Crippen LogP contribution in [0.1, 0.15) is 41.2 Å². The summed E-state index contributed by atoms with van der Waals surface area (Å²) in [5.41, 5.74) is 11.3. The van der Waals surface area contributed by atoms with Crippen molar-refractivity contribution in [1.29, 1.82) is 0 Å². The van der Waals surface area contributed by atoms with Gasteiger partial charge in [-0.05, 0) is 0 Å². The van der Waals surface area contributed by atoms with Crippen molar-refractivity contribution in [2.45, 2.75) is 38.8 Å². The van der Waals surface area contributed by atoms with E-state index < -0.39 is 0 Å². The quantitative estimate of drug-likeness (QED) is 0.370. The van der Waals surface area contributed by atoms with Gasteiger partial charge >= 0.3 is 178 Å². The van der Waals surface area contributed by atoms with Crippen molar-refractivity contribution in [2.75, 3.05) is 3.80 Å². The predicted molar refractivity (Wildman–Crippen MR) is 133 cm³/mol. The summed E-state index contributed by atoms with van der Waals surface area (Å²) < 4.78 is 4.98. The number of aryl methyl sites for hydroxylation is 3. The number of hydrogen-bond donors (Lipinski definition) is 1. The Morgan fingerprint density at radius 2 is 1.60 bits per heavy atom. The zero-order valence-electron chi connectivity index (χ0n) is 18.0. The SMILES string of the molecule is CC1=C(c2ccc3ccccc3c2[CH2][Ti][NH]c2c(C)cc(C)cc2C)CC=C1.Cl.Cl. The van der Waals surface area contributed by atoms with E-state index in [0.29, 0.717) is 0 Å². The third kappa shape index (κ3) is 5.03. The molecule has 4 heteroatoms. The molecule has 1 aliphatic rings. The molecule has 0 fully saturated rings. The van der Waals surface area contributed by atoms with Crippen LogP contribution in [0.25, 0.3) is 16.3 Å². The van der Waals surface area contributed by atoms with E-state index in [0.717, 1.165) is 11.1 Å². The summed E-state index contributed by atoms with van der Waals surface area (Å²) in [5, 5.41) is 2.76. The van der Waals surface area contributed by atoms with Gasteiger partial charge in [-0.25, -0.2) is 0 Å². The molecule has 3 aromatic carbocycles. The fourth-order valence-corrected chi connectivity index (χ4v) is 6.25. The second kappa shape index (κ2) is 10.7. The van der Waals surface area contributed by atoms with Gasteiger partial charge < -0.3 is 0 Å². The van der Waals surface area contributed by atoms with Crippen LogP contribution in [0.4, 0.5) is 5.69 Å². The minimum atomic E-state index is -0.344. The molecule has 0 atom stereocenters. The van der Waals surface area contributed by atoms with Gasteiger partial charge in [-0.3, -0.25) is 0 Å². The van der Waals surface area contributed by atoms with Crippen molar-refractivity contribution in [2.24, 2.45) is 0 Å². The molecular formula is C26H29Cl2NTi. The first-order chi connectivity index (χ1) is 13.5. The van der Waals surface area contributed by atoms with Crippen molar-refractivity contribution >= 4 is 46.8 Å². The Hall–Kier alpha value is -1.51. The molecule has 0 bridgehead atoms. The Morgan fingerprint density at radius 3 is 2.27 bits per heavy atom. The Balaban J connectivity index is 0.00000160. The molecule has 0 amide bonds. The first kappa shape index (κ1) is 24.8. The van der Waals surface area contributed by atoms with Crippen LogP contribution in [-0.4, -0.2) is 0 Å². The summed E-state index contributed by atoms with van der Waals surface area (Å²) in [7, 11) is 0. The van der Waals surface area contributed by atoms with Crippen LogP contribution in [0.3, 0.4) is 0 Å². The van der Waals surface area contributed by atoms with Gasteiger partial charge in [-0.2, -0.15) is 0 Å². The van der Waals surface area contributed by atoms with E-state index in [1.807, 2.05) is 0 Å². The van der Waals surface area contributed by atoms with E-state index in [1.165, 1.54) is 55.4 Å². The minimum absolute atomic E-state index is 0. The Bertz CT molecular complexity index is 1090. The van der Waals surface area contributed by atoms with Crippen molar-refractivity contribution in [3.05, 3.63) is 94.1 Å². The van der Waals surface area contributed by atoms with Crippen molar-refractivity contribution in [1.82, 2.24) is 0 Å². The van der Waals surface area contributed by atoms with Crippen LogP contribution in [0.2, 0.25) is 0 Å². The minimum Gasteiger partial charge on any atom is -0.147 e. The molecule has 3 aromatic rings. The molecule has 0 heterocycles. The standard InChI is InChI=1S/C17H15.C9H12N.2ClH.Ti/c1-12-6-5-9-15(12)17-11-10-14-7-3-4-8-16(14)13(17)2;1-6-4-7(2)9(10)8(3)5-6;;;/h3-8,10-11H,2,9H2,1H3;4-5,10H,1-3H3;2*1H;/q;-1;;;+1. The number of rotatable bonds is 5. The number of nitrogens with one attached hydrogen (secondary N) is 1. The maximum atomic E-state index is 3.84. The van der Waals surface area contributed by atoms with Gasteiger partial charge in [0.15, 0.2) is 0 Å². The average molecular weight is 474 g/mol. The molecular weight excluding hydrogens is 445 g/mol. The fourth-order valence-electron chi connectivity index (χ4n) is 4.34. The molecule has 0 aliphatic heterocycles. The molecule has 156 valence electrons. The van der Waals surface area contributed by atoms with Gasteiger partial charge in [0.05, 0.1) is 0 Å². The third-order valence-electron chi connectivity index (χ3n) is 5.69. The summed E-state index contributed by atoms with van der Waals surface area (Å²) in [5.74, 6) is 0. The van der Waals surface area contributed by atoms with Gasteiger partial charge in [0.1, 0.15) is 0 Å². The molecule has 0 saturated carbocycles. The largest absolute Gasteiger partial charge is 0.147 e. The van der Waals surface area contributed by atoms with Crippen LogP contribution in [0.5, 0.6) is 0 Å². The molecule has 30 heavy (non-hydrogen) atoms. The van der Waals surface area contributed by atoms with Crippen LogP contribution < -0.4 is 3.80 Å². The molecule has 0 aromatic heterocycles. The Labute approximate surface area is 202 Å². The number of benzene rings is 3. The smallest absolute Gasteiger partial charge is 0.147 e. The number of fused-ring (bicyclic) bond motifs is 1.